The molecule has 5 nitrogen and oxygen atoms in total. The molecule has 3 rings (SSSR count). The van der Waals surface area contributed by atoms with Gasteiger partial charge in [-0.3, -0.25) is 4.79 Å². The van der Waals surface area contributed by atoms with Gasteiger partial charge in [0.05, 0.1) is 21.5 Å². The third-order valence-electron chi connectivity index (χ3n) is 5.33. The fraction of sp³-hybridized carbons (Fsp3) is 0.409. The number of sulfonamides is 1. The van der Waals surface area contributed by atoms with Gasteiger partial charge in [0.25, 0.3) is 0 Å². The molecule has 1 aliphatic rings. The molecule has 0 spiro atoms. The predicted octanol–water partition coefficient (Wildman–Crippen LogP) is 5.68. The molecule has 0 unspecified atom stereocenters. The number of rotatable bonds is 7. The molecule has 9 heteroatoms. The van der Waals surface area contributed by atoms with Crippen LogP contribution in [0.15, 0.2) is 47.4 Å². The van der Waals surface area contributed by atoms with Crippen molar-refractivity contribution >= 4 is 50.7 Å². The number of carbonyl (C=O) groups is 1. The van der Waals surface area contributed by atoms with Crippen LogP contribution in [0.4, 0.5) is 0 Å². The summed E-state index contributed by atoms with van der Waals surface area (Å²) in [5.74, 6) is -0.315. The second-order valence-electron chi connectivity index (χ2n) is 7.73. The van der Waals surface area contributed by atoms with Gasteiger partial charge in [-0.05, 0) is 54.8 Å². The molecule has 0 radical (unpaired) electrons. The summed E-state index contributed by atoms with van der Waals surface area (Å²) in [6.45, 7) is -0.304. The molecule has 0 saturated heterocycles. The Bertz CT molecular complexity index is 1010. The van der Waals surface area contributed by atoms with Crippen LogP contribution in [-0.2, 0) is 21.4 Å². The second-order valence-corrected chi connectivity index (χ2v) is 10.9. The first kappa shape index (κ1) is 24.3. The van der Waals surface area contributed by atoms with E-state index in [-0.39, 0.29) is 29.9 Å². The van der Waals surface area contributed by atoms with Crippen LogP contribution < -0.4 is 5.32 Å². The fourth-order valence-electron chi connectivity index (χ4n) is 3.68. The number of amides is 1. The van der Waals surface area contributed by atoms with Crippen molar-refractivity contribution in [3.63, 3.8) is 0 Å². The zero-order chi connectivity index (χ0) is 22.4. The summed E-state index contributed by atoms with van der Waals surface area (Å²) < 4.78 is 27.8. The minimum absolute atomic E-state index is 0.0140. The van der Waals surface area contributed by atoms with Crippen molar-refractivity contribution in [2.75, 3.05) is 6.54 Å². The highest BCUT2D eigenvalue weighted by Gasteiger charge is 2.28. The fourth-order valence-corrected chi connectivity index (χ4v) is 5.51. The molecule has 0 bridgehead atoms. The SMILES string of the molecule is O=C(CN(Cc1ccc(Cl)c(Cl)c1)S(=O)(=O)c1ccc(Cl)cc1)NC1CCCCCC1. The summed E-state index contributed by atoms with van der Waals surface area (Å²) in [7, 11) is -3.94. The second kappa shape index (κ2) is 11.0. The molecule has 2 aromatic rings. The third kappa shape index (κ3) is 6.83. The summed E-state index contributed by atoms with van der Waals surface area (Å²) >= 11 is 18.0. The van der Waals surface area contributed by atoms with Crippen LogP contribution in [0.1, 0.15) is 44.1 Å². The van der Waals surface area contributed by atoms with Crippen molar-refractivity contribution in [2.24, 2.45) is 0 Å². The summed E-state index contributed by atoms with van der Waals surface area (Å²) in [6.07, 6.45) is 6.31. The first-order chi connectivity index (χ1) is 14.8. The van der Waals surface area contributed by atoms with E-state index in [2.05, 4.69) is 5.32 Å². The first-order valence-corrected chi connectivity index (χ1v) is 12.8. The predicted molar refractivity (Wildman–Crippen MR) is 125 cm³/mol. The summed E-state index contributed by atoms with van der Waals surface area (Å²) in [6, 6.07) is 10.9. The molecule has 1 amide bonds. The molecule has 0 aromatic heterocycles. The zero-order valence-electron chi connectivity index (χ0n) is 17.0. The zero-order valence-corrected chi connectivity index (χ0v) is 20.1. The Morgan fingerprint density at radius 1 is 0.935 bits per heavy atom. The van der Waals surface area contributed by atoms with E-state index in [0.29, 0.717) is 20.6 Å². The molecule has 1 fully saturated rings. The van der Waals surface area contributed by atoms with Crippen molar-refractivity contribution in [1.82, 2.24) is 9.62 Å². The van der Waals surface area contributed by atoms with E-state index in [1.165, 1.54) is 37.1 Å². The minimum Gasteiger partial charge on any atom is -0.352 e. The standard InChI is InChI=1S/C22H25Cl3N2O3S/c23-17-8-10-19(11-9-17)31(29,30)27(14-16-7-12-20(24)21(25)13-16)15-22(28)26-18-5-3-1-2-4-6-18/h7-13,18H,1-6,14-15H2,(H,26,28). The van der Waals surface area contributed by atoms with Gasteiger partial charge in [-0.25, -0.2) is 8.42 Å². The van der Waals surface area contributed by atoms with Crippen molar-refractivity contribution in [3.05, 3.63) is 63.1 Å². The number of carbonyl (C=O) groups excluding carboxylic acids is 1. The molecule has 1 N–H and O–H groups in total. The van der Waals surface area contributed by atoms with Crippen molar-refractivity contribution in [3.8, 4) is 0 Å². The molecule has 2 aromatic carbocycles. The average molecular weight is 504 g/mol. The maximum absolute atomic E-state index is 13.3. The normalized spacial score (nSPS) is 15.6. The van der Waals surface area contributed by atoms with E-state index < -0.39 is 10.0 Å². The van der Waals surface area contributed by atoms with Crippen LogP contribution in [0.5, 0.6) is 0 Å². The van der Waals surface area contributed by atoms with Crippen molar-refractivity contribution < 1.29 is 13.2 Å². The molecular weight excluding hydrogens is 479 g/mol. The number of hydrogen-bond acceptors (Lipinski definition) is 3. The highest BCUT2D eigenvalue weighted by atomic mass is 35.5. The maximum atomic E-state index is 13.3. The number of hydrogen-bond donors (Lipinski definition) is 1. The van der Waals surface area contributed by atoms with Gasteiger partial charge in [-0.15, -0.1) is 0 Å². The Kier molecular flexibility index (Phi) is 8.65. The van der Waals surface area contributed by atoms with Crippen LogP contribution in [0.3, 0.4) is 0 Å². The van der Waals surface area contributed by atoms with Crippen LogP contribution >= 0.6 is 34.8 Å². The Hall–Kier alpha value is -1.31. The van der Waals surface area contributed by atoms with Gasteiger partial charge in [-0.2, -0.15) is 4.31 Å². The molecule has 0 aliphatic heterocycles. The Morgan fingerprint density at radius 2 is 1.58 bits per heavy atom. The van der Waals surface area contributed by atoms with Crippen molar-refractivity contribution in [2.45, 2.75) is 56.0 Å². The summed E-state index contributed by atoms with van der Waals surface area (Å²) in [4.78, 5) is 12.9. The van der Waals surface area contributed by atoms with E-state index in [0.717, 1.165) is 30.0 Å². The topological polar surface area (TPSA) is 66.5 Å². The number of nitrogens with one attached hydrogen (secondary N) is 1. The van der Waals surface area contributed by atoms with E-state index in [1.807, 2.05) is 0 Å². The lowest BCUT2D eigenvalue weighted by atomic mass is 10.1. The first-order valence-electron chi connectivity index (χ1n) is 10.2. The molecule has 31 heavy (non-hydrogen) atoms. The minimum atomic E-state index is -3.94. The summed E-state index contributed by atoms with van der Waals surface area (Å²) in [5, 5.41) is 4.15. The molecular formula is C22H25Cl3N2O3S. The van der Waals surface area contributed by atoms with Gasteiger partial charge in [0.2, 0.25) is 15.9 Å². The average Bonchev–Trinajstić information content (AvgIpc) is 2.99. The molecule has 0 heterocycles. The largest absolute Gasteiger partial charge is 0.352 e. The van der Waals surface area contributed by atoms with Crippen molar-refractivity contribution in [1.29, 1.82) is 0 Å². The van der Waals surface area contributed by atoms with Crippen LogP contribution in [0, 0.1) is 0 Å². The van der Waals surface area contributed by atoms with Gasteiger partial charge >= 0.3 is 0 Å². The van der Waals surface area contributed by atoms with Gasteiger partial charge < -0.3 is 5.32 Å². The Labute approximate surface area is 198 Å². The van der Waals surface area contributed by atoms with Gasteiger partial charge in [0, 0.05) is 17.6 Å². The Morgan fingerprint density at radius 3 is 2.19 bits per heavy atom. The maximum Gasteiger partial charge on any atom is 0.243 e. The lowest BCUT2D eigenvalue weighted by Gasteiger charge is -2.24. The van der Waals surface area contributed by atoms with Crippen LogP contribution in [0.25, 0.3) is 0 Å². The lowest BCUT2D eigenvalue weighted by Crippen LogP contribution is -2.43. The monoisotopic (exact) mass is 502 g/mol. The van der Waals surface area contributed by atoms with E-state index >= 15 is 0 Å². The highest BCUT2D eigenvalue weighted by molar-refractivity contribution is 7.89. The Balaban J connectivity index is 1.83. The van der Waals surface area contributed by atoms with Gasteiger partial charge in [0.15, 0.2) is 0 Å². The number of halogens is 3. The molecule has 0 atom stereocenters. The van der Waals surface area contributed by atoms with E-state index in [4.69, 9.17) is 34.8 Å². The molecule has 1 saturated carbocycles. The van der Waals surface area contributed by atoms with Gasteiger partial charge in [-0.1, -0.05) is 66.6 Å². The quantitative estimate of drug-likeness (QED) is 0.495. The summed E-state index contributed by atoms with van der Waals surface area (Å²) in [5.41, 5.74) is 0.634. The number of nitrogens with zero attached hydrogens (tertiary/aromatic N) is 1. The highest BCUT2D eigenvalue weighted by Crippen LogP contribution is 2.26. The van der Waals surface area contributed by atoms with E-state index in [9.17, 15) is 13.2 Å². The number of benzene rings is 2. The molecule has 168 valence electrons. The third-order valence-corrected chi connectivity index (χ3v) is 8.13. The van der Waals surface area contributed by atoms with Gasteiger partial charge in [0.1, 0.15) is 0 Å². The molecule has 1 aliphatic carbocycles. The van der Waals surface area contributed by atoms with Crippen LogP contribution in [0.2, 0.25) is 15.1 Å². The smallest absolute Gasteiger partial charge is 0.243 e. The lowest BCUT2D eigenvalue weighted by molar-refractivity contribution is -0.122. The van der Waals surface area contributed by atoms with Crippen LogP contribution in [-0.4, -0.2) is 31.2 Å². The van der Waals surface area contributed by atoms with E-state index in [1.54, 1.807) is 18.2 Å².